The number of hydrogen-bond acceptors (Lipinski definition) is 5. The molecule has 18 heavy (non-hydrogen) atoms. The second-order valence-electron chi connectivity index (χ2n) is 3.69. The highest BCUT2D eigenvalue weighted by Gasteiger charge is 2.15. The molecule has 94 valence electrons. The first-order valence-corrected chi connectivity index (χ1v) is 7.04. The van der Waals surface area contributed by atoms with Crippen molar-refractivity contribution in [2.45, 2.75) is 29.5 Å². The first-order chi connectivity index (χ1) is 8.61. The Bertz CT molecular complexity index is 581. The van der Waals surface area contributed by atoms with Crippen molar-refractivity contribution in [3.05, 3.63) is 35.2 Å². The molecule has 0 aliphatic heterocycles. The van der Waals surface area contributed by atoms with Gasteiger partial charge in [-0.25, -0.2) is 9.78 Å². The van der Waals surface area contributed by atoms with Gasteiger partial charge in [0.2, 0.25) is 0 Å². The molecule has 2 aromatic rings. The predicted octanol–water partition coefficient (Wildman–Crippen LogP) is 3.26. The molecular weight excluding hydrogens is 268 g/mol. The number of carboxylic acid groups (broad SMARTS) is 1. The number of hydrogen-bond donors (Lipinski definition) is 1. The maximum atomic E-state index is 11.2. The summed E-state index contributed by atoms with van der Waals surface area (Å²) in [7, 11) is 0. The highest BCUT2D eigenvalue weighted by Crippen LogP contribution is 2.34. The van der Waals surface area contributed by atoms with Gasteiger partial charge in [-0.3, -0.25) is 0 Å². The summed E-state index contributed by atoms with van der Waals surface area (Å²) in [6.45, 7) is 3.89. The SMILES string of the molecule is CCc1nsc(Sc2c(C)cccc2C(=O)O)n1. The fraction of sp³-hybridized carbons (Fsp3) is 0.250. The minimum Gasteiger partial charge on any atom is -0.478 e. The Morgan fingerprint density at radius 1 is 1.50 bits per heavy atom. The number of carboxylic acids is 1. The van der Waals surface area contributed by atoms with Gasteiger partial charge in [0.15, 0.2) is 4.34 Å². The van der Waals surface area contributed by atoms with Gasteiger partial charge in [-0.1, -0.05) is 30.8 Å². The number of rotatable bonds is 4. The quantitative estimate of drug-likeness (QED) is 0.931. The standard InChI is InChI=1S/C12H12N2O2S2/c1-3-9-13-12(18-14-9)17-10-7(2)5-4-6-8(10)11(15)16/h4-6H,3H2,1-2H3,(H,15,16). The van der Waals surface area contributed by atoms with Crippen LogP contribution in [0.5, 0.6) is 0 Å². The van der Waals surface area contributed by atoms with E-state index in [9.17, 15) is 9.90 Å². The summed E-state index contributed by atoms with van der Waals surface area (Å²) in [6.07, 6.45) is 0.788. The van der Waals surface area contributed by atoms with Crippen molar-refractivity contribution < 1.29 is 9.90 Å². The summed E-state index contributed by atoms with van der Waals surface area (Å²) in [5.74, 6) is -0.116. The minimum absolute atomic E-state index is 0.313. The second-order valence-corrected chi connectivity index (χ2v) is 5.70. The fourth-order valence-electron chi connectivity index (χ4n) is 1.47. The maximum Gasteiger partial charge on any atom is 0.336 e. The van der Waals surface area contributed by atoms with Crippen LogP contribution in [0.15, 0.2) is 27.4 Å². The maximum absolute atomic E-state index is 11.2. The van der Waals surface area contributed by atoms with Crippen LogP contribution in [-0.4, -0.2) is 20.4 Å². The lowest BCUT2D eigenvalue weighted by Crippen LogP contribution is -2.00. The Balaban J connectivity index is 2.36. The fourth-order valence-corrected chi connectivity index (χ4v) is 3.30. The molecule has 0 aliphatic rings. The molecule has 0 saturated carbocycles. The molecule has 0 amide bonds. The zero-order chi connectivity index (χ0) is 13.1. The van der Waals surface area contributed by atoms with E-state index in [-0.39, 0.29) is 0 Å². The third-order valence-corrected chi connectivity index (χ3v) is 4.43. The second kappa shape index (κ2) is 5.49. The lowest BCUT2D eigenvalue weighted by Gasteiger charge is -2.06. The molecule has 4 nitrogen and oxygen atoms in total. The van der Waals surface area contributed by atoms with Crippen molar-refractivity contribution in [3.8, 4) is 0 Å². The lowest BCUT2D eigenvalue weighted by atomic mass is 10.1. The molecule has 6 heteroatoms. The van der Waals surface area contributed by atoms with Gasteiger partial charge in [-0.2, -0.15) is 4.37 Å². The van der Waals surface area contributed by atoms with Crippen molar-refractivity contribution in [2.24, 2.45) is 0 Å². The van der Waals surface area contributed by atoms with E-state index in [1.54, 1.807) is 12.1 Å². The van der Waals surface area contributed by atoms with E-state index in [1.807, 2.05) is 19.9 Å². The number of nitrogens with zero attached hydrogens (tertiary/aromatic N) is 2. The molecule has 0 spiro atoms. The molecule has 1 aromatic heterocycles. The Morgan fingerprint density at radius 2 is 2.28 bits per heavy atom. The van der Waals surface area contributed by atoms with Crippen LogP contribution in [0.1, 0.15) is 28.7 Å². The van der Waals surface area contributed by atoms with E-state index in [4.69, 9.17) is 0 Å². The van der Waals surface area contributed by atoms with Gasteiger partial charge in [0, 0.05) is 11.3 Å². The van der Waals surface area contributed by atoms with Crippen molar-refractivity contribution in [2.75, 3.05) is 0 Å². The van der Waals surface area contributed by atoms with E-state index in [0.29, 0.717) is 5.56 Å². The summed E-state index contributed by atoms with van der Waals surface area (Å²) in [5, 5.41) is 9.17. The molecule has 1 aromatic carbocycles. The first-order valence-electron chi connectivity index (χ1n) is 5.45. The minimum atomic E-state index is -0.915. The Labute approximate surface area is 113 Å². The van der Waals surface area contributed by atoms with Crippen molar-refractivity contribution in [1.29, 1.82) is 0 Å². The Morgan fingerprint density at radius 3 is 2.89 bits per heavy atom. The van der Waals surface area contributed by atoms with Gasteiger partial charge >= 0.3 is 5.97 Å². The molecule has 2 rings (SSSR count). The summed E-state index contributed by atoms with van der Waals surface area (Å²) < 4.78 is 4.98. The number of carbonyl (C=O) groups is 1. The molecule has 0 fully saturated rings. The van der Waals surface area contributed by atoms with Crippen LogP contribution in [0.4, 0.5) is 0 Å². The van der Waals surface area contributed by atoms with Crippen LogP contribution in [-0.2, 0) is 6.42 Å². The van der Waals surface area contributed by atoms with E-state index >= 15 is 0 Å². The number of aromatic nitrogens is 2. The van der Waals surface area contributed by atoms with Crippen LogP contribution >= 0.6 is 23.3 Å². The molecule has 0 atom stereocenters. The normalized spacial score (nSPS) is 10.6. The van der Waals surface area contributed by atoms with Crippen molar-refractivity contribution in [3.63, 3.8) is 0 Å². The molecule has 1 heterocycles. The summed E-state index contributed by atoms with van der Waals surface area (Å²) in [6, 6.07) is 5.26. The Hall–Kier alpha value is -1.40. The van der Waals surface area contributed by atoms with Crippen molar-refractivity contribution >= 4 is 29.3 Å². The molecular formula is C12H12N2O2S2. The summed E-state index contributed by atoms with van der Waals surface area (Å²) >= 11 is 2.68. The van der Waals surface area contributed by atoms with Crippen molar-refractivity contribution in [1.82, 2.24) is 9.36 Å². The van der Waals surface area contributed by atoms with Crippen LogP contribution in [0.3, 0.4) is 0 Å². The van der Waals surface area contributed by atoms with Crippen LogP contribution in [0.2, 0.25) is 0 Å². The smallest absolute Gasteiger partial charge is 0.336 e. The Kier molecular flexibility index (Phi) is 3.98. The molecule has 0 bridgehead atoms. The zero-order valence-electron chi connectivity index (χ0n) is 10.0. The number of aryl methyl sites for hydroxylation is 2. The third kappa shape index (κ3) is 2.70. The molecule has 1 N–H and O–H groups in total. The summed E-state index contributed by atoms with van der Waals surface area (Å²) in [4.78, 5) is 16.3. The highest BCUT2D eigenvalue weighted by molar-refractivity contribution is 8.01. The topological polar surface area (TPSA) is 63.1 Å². The van der Waals surface area contributed by atoms with Gasteiger partial charge < -0.3 is 5.11 Å². The largest absolute Gasteiger partial charge is 0.478 e. The molecule has 0 radical (unpaired) electrons. The van der Waals surface area contributed by atoms with E-state index < -0.39 is 5.97 Å². The zero-order valence-corrected chi connectivity index (χ0v) is 11.6. The van der Waals surface area contributed by atoms with Gasteiger partial charge in [-0.05, 0) is 30.1 Å². The predicted molar refractivity (Wildman–Crippen MR) is 71.5 cm³/mol. The molecule has 0 unspecified atom stereocenters. The van der Waals surface area contributed by atoms with E-state index in [0.717, 1.165) is 27.0 Å². The molecule has 0 aliphatic carbocycles. The van der Waals surface area contributed by atoms with E-state index in [1.165, 1.54) is 23.3 Å². The number of benzene rings is 1. The van der Waals surface area contributed by atoms with Crippen LogP contribution in [0, 0.1) is 6.92 Å². The monoisotopic (exact) mass is 280 g/mol. The number of aromatic carboxylic acids is 1. The van der Waals surface area contributed by atoms with Crippen LogP contribution < -0.4 is 0 Å². The average molecular weight is 280 g/mol. The van der Waals surface area contributed by atoms with Gasteiger partial charge in [0.1, 0.15) is 5.82 Å². The van der Waals surface area contributed by atoms with Gasteiger partial charge in [0.05, 0.1) is 5.56 Å². The third-order valence-electron chi connectivity index (χ3n) is 2.40. The average Bonchev–Trinajstić information content (AvgIpc) is 2.79. The first kappa shape index (κ1) is 13.0. The van der Waals surface area contributed by atoms with Gasteiger partial charge in [0.25, 0.3) is 0 Å². The highest BCUT2D eigenvalue weighted by atomic mass is 32.2. The van der Waals surface area contributed by atoms with Crippen LogP contribution in [0.25, 0.3) is 0 Å². The van der Waals surface area contributed by atoms with E-state index in [2.05, 4.69) is 9.36 Å². The molecule has 0 saturated heterocycles. The summed E-state index contributed by atoms with van der Waals surface area (Å²) in [5.41, 5.74) is 1.25. The lowest BCUT2D eigenvalue weighted by molar-refractivity contribution is 0.0693. The van der Waals surface area contributed by atoms with Gasteiger partial charge in [-0.15, -0.1) is 0 Å².